The molecule has 27 heavy (non-hydrogen) atoms. The van der Waals surface area contributed by atoms with E-state index in [-0.39, 0.29) is 5.41 Å². The molecule has 0 heteroatoms. The Kier molecular flexibility index (Phi) is 5.47. The summed E-state index contributed by atoms with van der Waals surface area (Å²) in [7, 11) is 0. The second-order valence-electron chi connectivity index (χ2n) is 10.1. The highest BCUT2D eigenvalue weighted by atomic mass is 14.4. The molecule has 2 aromatic carbocycles. The molecule has 0 radical (unpaired) electrons. The molecule has 0 fully saturated rings. The SMILES string of the molecule is CC(C)(C)C1=CC(C(C)(C)C)CC(=Cc2ccc(-c3ccccc3)cc2)C1. The molecule has 0 heterocycles. The van der Waals surface area contributed by atoms with E-state index in [1.165, 1.54) is 23.1 Å². The maximum atomic E-state index is 2.57. The van der Waals surface area contributed by atoms with Gasteiger partial charge in [0, 0.05) is 0 Å². The second kappa shape index (κ2) is 7.50. The third kappa shape index (κ3) is 5.01. The van der Waals surface area contributed by atoms with Crippen molar-refractivity contribution in [1.29, 1.82) is 0 Å². The van der Waals surface area contributed by atoms with E-state index in [4.69, 9.17) is 0 Å². The third-order valence-corrected chi connectivity index (χ3v) is 5.77. The molecule has 0 bridgehead atoms. The molecule has 142 valence electrons. The molecule has 0 saturated carbocycles. The molecule has 0 N–H and O–H groups in total. The number of hydrogen-bond acceptors (Lipinski definition) is 0. The van der Waals surface area contributed by atoms with Crippen LogP contribution in [0, 0.1) is 16.7 Å². The van der Waals surface area contributed by atoms with Crippen molar-refractivity contribution in [2.24, 2.45) is 16.7 Å². The second-order valence-corrected chi connectivity index (χ2v) is 10.1. The van der Waals surface area contributed by atoms with Crippen LogP contribution in [0.3, 0.4) is 0 Å². The minimum absolute atomic E-state index is 0.236. The first-order valence-electron chi connectivity index (χ1n) is 10.2. The maximum Gasteiger partial charge on any atom is -0.00996 e. The fourth-order valence-electron chi connectivity index (χ4n) is 3.78. The summed E-state index contributed by atoms with van der Waals surface area (Å²) in [5, 5.41) is 0. The largest absolute Gasteiger partial charge is 0.0805 e. The molecule has 0 nitrogen and oxygen atoms in total. The smallest absolute Gasteiger partial charge is 0.00996 e. The first-order chi connectivity index (χ1) is 12.6. The quantitative estimate of drug-likeness (QED) is 0.475. The fourth-order valence-corrected chi connectivity index (χ4v) is 3.78. The number of rotatable bonds is 2. The lowest BCUT2D eigenvalue weighted by molar-refractivity contribution is 0.277. The van der Waals surface area contributed by atoms with Gasteiger partial charge in [0.2, 0.25) is 0 Å². The normalized spacial score (nSPS) is 19.9. The van der Waals surface area contributed by atoms with Crippen LogP contribution >= 0.6 is 0 Å². The van der Waals surface area contributed by atoms with E-state index < -0.39 is 0 Å². The van der Waals surface area contributed by atoms with Crippen molar-refractivity contribution in [2.75, 3.05) is 0 Å². The van der Waals surface area contributed by atoms with E-state index in [0.717, 1.165) is 6.42 Å². The molecule has 2 aromatic rings. The lowest BCUT2D eigenvalue weighted by Gasteiger charge is -2.37. The summed E-state index contributed by atoms with van der Waals surface area (Å²) in [6.45, 7) is 14.1. The average molecular weight is 359 g/mol. The molecule has 0 aromatic heterocycles. The van der Waals surface area contributed by atoms with Gasteiger partial charge >= 0.3 is 0 Å². The summed E-state index contributed by atoms with van der Waals surface area (Å²) in [4.78, 5) is 0. The topological polar surface area (TPSA) is 0 Å². The van der Waals surface area contributed by atoms with Crippen molar-refractivity contribution < 1.29 is 0 Å². The van der Waals surface area contributed by atoms with Gasteiger partial charge in [-0.3, -0.25) is 0 Å². The first-order valence-corrected chi connectivity index (χ1v) is 10.2. The zero-order valence-corrected chi connectivity index (χ0v) is 17.8. The molecule has 0 saturated heterocycles. The van der Waals surface area contributed by atoms with Gasteiger partial charge in [0.25, 0.3) is 0 Å². The molecule has 1 atom stereocenters. The molecule has 1 aliphatic rings. The Hall–Kier alpha value is -2.08. The maximum absolute atomic E-state index is 2.57. The third-order valence-electron chi connectivity index (χ3n) is 5.77. The summed E-state index contributed by atoms with van der Waals surface area (Å²) in [5.41, 5.74) is 7.56. The lowest BCUT2D eigenvalue weighted by Crippen LogP contribution is -2.25. The van der Waals surface area contributed by atoms with Crippen LogP contribution in [-0.4, -0.2) is 0 Å². The standard InChI is InChI=1S/C27H34/c1-26(2,3)24-17-21(18-25(19-24)27(4,5)6)16-20-12-14-23(15-13-20)22-10-8-7-9-11-22/h7-16,19,24H,17-18H2,1-6H3. The average Bonchev–Trinajstić information content (AvgIpc) is 2.61. The molecule has 0 amide bonds. The highest BCUT2D eigenvalue weighted by Crippen LogP contribution is 2.44. The fraction of sp³-hybridized carbons (Fsp3) is 0.407. The van der Waals surface area contributed by atoms with E-state index >= 15 is 0 Å². The van der Waals surface area contributed by atoms with Crippen LogP contribution in [0.4, 0.5) is 0 Å². The van der Waals surface area contributed by atoms with Crippen molar-refractivity contribution in [3.8, 4) is 11.1 Å². The van der Waals surface area contributed by atoms with Crippen molar-refractivity contribution in [3.63, 3.8) is 0 Å². The van der Waals surface area contributed by atoms with Gasteiger partial charge in [-0.05, 0) is 46.3 Å². The van der Waals surface area contributed by atoms with Crippen LogP contribution in [0.1, 0.15) is 59.9 Å². The first kappa shape index (κ1) is 19.7. The molecule has 0 aliphatic heterocycles. The Morgan fingerprint density at radius 2 is 1.37 bits per heavy atom. The van der Waals surface area contributed by atoms with Crippen LogP contribution in [0.15, 0.2) is 71.8 Å². The van der Waals surface area contributed by atoms with Gasteiger partial charge < -0.3 is 0 Å². The minimum atomic E-state index is 0.236. The van der Waals surface area contributed by atoms with E-state index in [0.29, 0.717) is 11.3 Å². The summed E-state index contributed by atoms with van der Waals surface area (Å²) in [6, 6.07) is 19.6. The van der Waals surface area contributed by atoms with Gasteiger partial charge in [-0.25, -0.2) is 0 Å². The summed E-state index contributed by atoms with van der Waals surface area (Å²) in [5.74, 6) is 0.607. The van der Waals surface area contributed by atoms with E-state index in [1.54, 1.807) is 11.1 Å². The lowest BCUT2D eigenvalue weighted by atomic mass is 9.68. The summed E-state index contributed by atoms with van der Waals surface area (Å²) < 4.78 is 0. The Labute approximate surface area is 166 Å². The highest BCUT2D eigenvalue weighted by Gasteiger charge is 2.30. The van der Waals surface area contributed by atoms with Gasteiger partial charge in [-0.2, -0.15) is 0 Å². The van der Waals surface area contributed by atoms with Gasteiger partial charge in [0.1, 0.15) is 0 Å². The number of benzene rings is 2. The van der Waals surface area contributed by atoms with E-state index in [9.17, 15) is 0 Å². The van der Waals surface area contributed by atoms with Gasteiger partial charge in [-0.1, -0.05) is 119 Å². The molecular formula is C27H34. The monoisotopic (exact) mass is 358 g/mol. The molecule has 1 aliphatic carbocycles. The minimum Gasteiger partial charge on any atom is -0.0805 e. The summed E-state index contributed by atoms with van der Waals surface area (Å²) in [6.07, 6.45) is 7.27. The van der Waals surface area contributed by atoms with E-state index in [2.05, 4.69) is 108 Å². The van der Waals surface area contributed by atoms with Crippen LogP contribution in [0.25, 0.3) is 17.2 Å². The Bertz CT molecular complexity index is 818. The highest BCUT2D eigenvalue weighted by molar-refractivity contribution is 5.66. The van der Waals surface area contributed by atoms with Gasteiger partial charge in [0.15, 0.2) is 0 Å². The van der Waals surface area contributed by atoms with Crippen molar-refractivity contribution in [3.05, 3.63) is 77.4 Å². The predicted molar refractivity (Wildman–Crippen MR) is 120 cm³/mol. The van der Waals surface area contributed by atoms with Crippen LogP contribution in [0.2, 0.25) is 0 Å². The van der Waals surface area contributed by atoms with Crippen LogP contribution in [0.5, 0.6) is 0 Å². The number of allylic oxidation sites excluding steroid dienone is 3. The Morgan fingerprint density at radius 3 is 1.93 bits per heavy atom. The van der Waals surface area contributed by atoms with Crippen molar-refractivity contribution in [2.45, 2.75) is 54.4 Å². The molecular weight excluding hydrogens is 324 g/mol. The van der Waals surface area contributed by atoms with Gasteiger partial charge in [-0.15, -0.1) is 0 Å². The Balaban J connectivity index is 1.87. The zero-order valence-electron chi connectivity index (χ0n) is 17.8. The molecule has 3 rings (SSSR count). The van der Waals surface area contributed by atoms with Crippen LogP contribution in [-0.2, 0) is 0 Å². The van der Waals surface area contributed by atoms with Crippen molar-refractivity contribution >= 4 is 6.08 Å². The zero-order chi connectivity index (χ0) is 19.7. The summed E-state index contributed by atoms with van der Waals surface area (Å²) >= 11 is 0. The molecule has 1 unspecified atom stereocenters. The number of hydrogen-bond donors (Lipinski definition) is 0. The van der Waals surface area contributed by atoms with E-state index in [1.807, 2.05) is 0 Å². The van der Waals surface area contributed by atoms with Crippen LogP contribution < -0.4 is 0 Å². The van der Waals surface area contributed by atoms with Crippen molar-refractivity contribution in [1.82, 2.24) is 0 Å². The van der Waals surface area contributed by atoms with Gasteiger partial charge in [0.05, 0.1) is 0 Å². The predicted octanol–water partition coefficient (Wildman–Crippen LogP) is 8.17. The Morgan fingerprint density at radius 1 is 0.778 bits per heavy atom. The molecule has 0 spiro atoms.